The van der Waals surface area contributed by atoms with Gasteiger partial charge in [0.15, 0.2) is 5.16 Å². The van der Waals surface area contributed by atoms with Gasteiger partial charge in [0, 0.05) is 35.6 Å². The summed E-state index contributed by atoms with van der Waals surface area (Å²) >= 11 is 7.15. The van der Waals surface area contributed by atoms with E-state index in [1.165, 1.54) is 22.5 Å². The number of amides is 1. The molecule has 0 aliphatic heterocycles. The summed E-state index contributed by atoms with van der Waals surface area (Å²) in [6.45, 7) is 4.23. The smallest absolute Gasteiger partial charge is 0.243 e. The number of anilines is 1. The van der Waals surface area contributed by atoms with E-state index in [-0.39, 0.29) is 16.6 Å². The summed E-state index contributed by atoms with van der Waals surface area (Å²) in [6, 6.07) is 19.6. The monoisotopic (exact) mass is 572 g/mol. The van der Waals surface area contributed by atoms with Crippen molar-refractivity contribution < 1.29 is 17.6 Å². The number of thioether (sulfide) groups is 1. The maximum absolute atomic E-state index is 14.6. The first kappa shape index (κ1) is 27.8. The van der Waals surface area contributed by atoms with Gasteiger partial charge >= 0.3 is 0 Å². The first-order chi connectivity index (χ1) is 18.2. The minimum absolute atomic E-state index is 0.0292. The Morgan fingerprint density at radius 2 is 1.76 bits per heavy atom. The Kier molecular flexibility index (Phi) is 8.88. The zero-order valence-electron chi connectivity index (χ0n) is 20.8. The molecule has 0 saturated carbocycles. The van der Waals surface area contributed by atoms with Crippen LogP contribution >= 0.6 is 23.4 Å². The van der Waals surface area contributed by atoms with Gasteiger partial charge in [-0.3, -0.25) is 9.36 Å². The number of nitrogens with one attached hydrogen (secondary N) is 1. The van der Waals surface area contributed by atoms with Crippen molar-refractivity contribution in [2.45, 2.75) is 23.9 Å². The lowest BCUT2D eigenvalue weighted by atomic mass is 10.2. The number of nitrogens with zero attached hydrogens (tertiary/aromatic N) is 3. The summed E-state index contributed by atoms with van der Waals surface area (Å²) in [7, 11) is -3.66. The number of benzene rings is 3. The first-order valence-corrected chi connectivity index (χ1v) is 14.7. The second-order valence-corrected chi connectivity index (χ2v) is 11.5. The number of hydrogen-bond donors (Lipinski definition) is 1. The van der Waals surface area contributed by atoms with Crippen LogP contribution in [0.5, 0.6) is 0 Å². The number of rotatable bonds is 10. The van der Waals surface area contributed by atoms with Gasteiger partial charge in [-0.1, -0.05) is 67.5 Å². The molecular formula is C27H26ClFN4O3S2. The van der Waals surface area contributed by atoms with Gasteiger partial charge in [-0.2, -0.15) is 4.31 Å². The molecule has 1 heterocycles. The highest BCUT2D eigenvalue weighted by Gasteiger charge is 2.22. The van der Waals surface area contributed by atoms with Crippen LogP contribution in [0.2, 0.25) is 5.02 Å². The van der Waals surface area contributed by atoms with Gasteiger partial charge in [-0.15, -0.1) is 0 Å². The third-order valence-electron chi connectivity index (χ3n) is 5.72. The van der Waals surface area contributed by atoms with Gasteiger partial charge in [-0.05, 0) is 42.5 Å². The van der Waals surface area contributed by atoms with Gasteiger partial charge in [0.25, 0.3) is 0 Å². The number of para-hydroxylation sites is 1. The summed E-state index contributed by atoms with van der Waals surface area (Å²) in [6.07, 6.45) is 1.71. The highest BCUT2D eigenvalue weighted by Crippen LogP contribution is 2.29. The number of hydrogen-bond acceptors (Lipinski definition) is 5. The van der Waals surface area contributed by atoms with E-state index in [1.807, 2.05) is 12.1 Å². The van der Waals surface area contributed by atoms with Crippen LogP contribution in [-0.4, -0.2) is 47.0 Å². The quantitative estimate of drug-likeness (QED) is 0.232. The Balaban J connectivity index is 1.55. The number of sulfonamides is 1. The highest BCUT2D eigenvalue weighted by molar-refractivity contribution is 7.99. The fourth-order valence-corrected chi connectivity index (χ4v) is 6.23. The van der Waals surface area contributed by atoms with Crippen LogP contribution in [0, 0.1) is 5.82 Å². The van der Waals surface area contributed by atoms with Crippen LogP contribution < -0.4 is 5.32 Å². The second kappa shape index (κ2) is 12.1. The lowest BCUT2D eigenvalue weighted by Gasteiger charge is -2.18. The molecule has 0 aliphatic rings. The predicted molar refractivity (Wildman–Crippen MR) is 150 cm³/mol. The topological polar surface area (TPSA) is 84.3 Å². The summed E-state index contributed by atoms with van der Waals surface area (Å²) in [5, 5.41) is 3.76. The average molecular weight is 573 g/mol. The standard InChI is InChI=1S/C27H26ClFN4O3S2/c1-3-32(4-2)38(35,36)22-9-7-8-21(16-22)30-26(34)18-37-27-31-24(19-12-14-20(28)15-13-19)17-33(27)25-11-6-5-10-23(25)29/h5-17H,3-4,18H2,1-2H3,(H,30,34). The van der Waals surface area contributed by atoms with Crippen molar-refractivity contribution in [3.8, 4) is 16.9 Å². The molecule has 0 fully saturated rings. The normalized spacial score (nSPS) is 11.6. The molecule has 0 spiro atoms. The second-order valence-electron chi connectivity index (χ2n) is 8.19. The molecule has 7 nitrogen and oxygen atoms in total. The zero-order chi connectivity index (χ0) is 27.3. The maximum atomic E-state index is 14.6. The molecule has 38 heavy (non-hydrogen) atoms. The van der Waals surface area contributed by atoms with Gasteiger partial charge in [0.05, 0.1) is 22.0 Å². The van der Waals surface area contributed by atoms with Crippen molar-refractivity contribution in [2.75, 3.05) is 24.2 Å². The molecule has 11 heteroatoms. The number of halogens is 2. The fourth-order valence-electron chi connectivity index (χ4n) is 3.82. The molecule has 1 aromatic heterocycles. The van der Waals surface area contributed by atoms with Crippen molar-refractivity contribution in [1.29, 1.82) is 0 Å². The van der Waals surface area contributed by atoms with Crippen molar-refractivity contribution in [3.05, 3.63) is 89.8 Å². The third-order valence-corrected chi connectivity index (χ3v) is 8.97. The lowest BCUT2D eigenvalue weighted by Crippen LogP contribution is -2.30. The highest BCUT2D eigenvalue weighted by atomic mass is 35.5. The number of carbonyl (C=O) groups is 1. The summed E-state index contributed by atoms with van der Waals surface area (Å²) < 4.78 is 43.3. The van der Waals surface area contributed by atoms with E-state index in [0.29, 0.717) is 40.3 Å². The summed E-state index contributed by atoms with van der Waals surface area (Å²) in [5.74, 6) is -0.813. The SMILES string of the molecule is CCN(CC)S(=O)(=O)c1cccc(NC(=O)CSc2nc(-c3ccc(Cl)cc3)cn2-c2ccccc2F)c1. The minimum Gasteiger partial charge on any atom is -0.325 e. The summed E-state index contributed by atoms with van der Waals surface area (Å²) in [5.41, 5.74) is 2.06. The van der Waals surface area contributed by atoms with Gasteiger partial charge in [0.2, 0.25) is 15.9 Å². The van der Waals surface area contributed by atoms with E-state index in [2.05, 4.69) is 10.3 Å². The maximum Gasteiger partial charge on any atom is 0.243 e. The molecule has 0 radical (unpaired) electrons. The van der Waals surface area contributed by atoms with Crippen LogP contribution in [0.15, 0.2) is 89.0 Å². The molecule has 0 saturated heterocycles. The lowest BCUT2D eigenvalue weighted by molar-refractivity contribution is -0.113. The van der Waals surface area contributed by atoms with Crippen LogP contribution in [0.3, 0.4) is 0 Å². The van der Waals surface area contributed by atoms with Gasteiger partial charge in [-0.25, -0.2) is 17.8 Å². The van der Waals surface area contributed by atoms with Crippen molar-refractivity contribution in [1.82, 2.24) is 13.9 Å². The molecule has 4 rings (SSSR count). The van der Waals surface area contributed by atoms with Gasteiger partial charge in [0.1, 0.15) is 5.82 Å². The molecule has 0 aliphatic carbocycles. The largest absolute Gasteiger partial charge is 0.325 e. The van der Waals surface area contributed by atoms with Crippen LogP contribution in [0.25, 0.3) is 16.9 Å². The van der Waals surface area contributed by atoms with E-state index < -0.39 is 15.8 Å². The van der Waals surface area contributed by atoms with Crippen LogP contribution in [-0.2, 0) is 14.8 Å². The van der Waals surface area contributed by atoms with E-state index >= 15 is 0 Å². The molecule has 1 N–H and O–H groups in total. The van der Waals surface area contributed by atoms with Crippen molar-refractivity contribution in [3.63, 3.8) is 0 Å². The average Bonchev–Trinajstić information content (AvgIpc) is 3.33. The van der Waals surface area contributed by atoms with E-state index in [9.17, 15) is 17.6 Å². The minimum atomic E-state index is -3.66. The fraction of sp³-hybridized carbons (Fsp3) is 0.185. The molecule has 4 aromatic rings. The molecule has 3 aromatic carbocycles. The Bertz CT molecular complexity index is 1540. The van der Waals surface area contributed by atoms with Gasteiger partial charge < -0.3 is 5.32 Å². The predicted octanol–water partition coefficient (Wildman–Crippen LogP) is 6.09. The Labute approximate surface area is 230 Å². The third kappa shape index (κ3) is 6.27. The number of carbonyl (C=O) groups excluding carboxylic acids is 1. The van der Waals surface area contributed by atoms with Crippen molar-refractivity contribution in [2.24, 2.45) is 0 Å². The molecule has 0 atom stereocenters. The first-order valence-electron chi connectivity index (χ1n) is 11.9. The Morgan fingerprint density at radius 1 is 1.05 bits per heavy atom. The molecule has 0 bridgehead atoms. The molecule has 0 unspecified atom stereocenters. The van der Waals surface area contributed by atoms with E-state index in [4.69, 9.17) is 11.6 Å². The Hall–Kier alpha value is -3.18. The van der Waals surface area contributed by atoms with Crippen LogP contribution in [0.1, 0.15) is 13.8 Å². The molecule has 198 valence electrons. The Morgan fingerprint density at radius 3 is 2.45 bits per heavy atom. The summed E-state index contributed by atoms with van der Waals surface area (Å²) in [4.78, 5) is 17.6. The molecular weight excluding hydrogens is 547 g/mol. The van der Waals surface area contributed by atoms with Crippen LogP contribution in [0.4, 0.5) is 10.1 Å². The van der Waals surface area contributed by atoms with E-state index in [1.54, 1.807) is 67.1 Å². The number of imidazole rings is 1. The van der Waals surface area contributed by atoms with E-state index in [0.717, 1.165) is 17.3 Å². The van der Waals surface area contributed by atoms with Crippen molar-refractivity contribution >= 4 is 45.0 Å². The number of aromatic nitrogens is 2. The zero-order valence-corrected chi connectivity index (χ0v) is 23.2. The molecule has 1 amide bonds.